The van der Waals surface area contributed by atoms with Crippen LogP contribution in [0.15, 0.2) is 11.1 Å². The molecular weight excluding hydrogens is 178 g/mol. The molecule has 0 aromatic carbocycles. The number of nitrogens with one attached hydrogen (secondary N) is 1. The zero-order valence-corrected chi connectivity index (χ0v) is 8.93. The summed E-state index contributed by atoms with van der Waals surface area (Å²) in [5.74, 6) is 0. The lowest BCUT2D eigenvalue weighted by Crippen LogP contribution is -2.23. The highest BCUT2D eigenvalue weighted by atomic mass is 35.5. The molecule has 0 fully saturated rings. The average Bonchev–Trinajstić information content (AvgIpc) is 2.04. The van der Waals surface area contributed by atoms with Crippen molar-refractivity contribution in [3.8, 4) is 0 Å². The molecule has 0 saturated heterocycles. The second-order valence-corrected chi connectivity index (χ2v) is 4.13. The third-order valence-electron chi connectivity index (χ3n) is 1.42. The fraction of sp³-hybridized carbons (Fsp3) is 0.750. The normalized spacial score (nSPS) is 15.1. The van der Waals surface area contributed by atoms with Gasteiger partial charge in [-0.15, -0.1) is 0 Å². The van der Waals surface area contributed by atoms with Crippen LogP contribution >= 0.6 is 23.4 Å². The Bertz CT molecular complexity index is 125. The highest BCUT2D eigenvalue weighted by Crippen LogP contribution is 2.02. The van der Waals surface area contributed by atoms with Gasteiger partial charge in [0.15, 0.2) is 0 Å². The Balaban J connectivity index is 3.27. The lowest BCUT2D eigenvalue weighted by molar-refractivity contribution is 0.725. The van der Waals surface area contributed by atoms with E-state index in [0.717, 1.165) is 13.1 Å². The summed E-state index contributed by atoms with van der Waals surface area (Å²) in [5, 5.41) is 3.99. The van der Waals surface area contributed by atoms with Crippen molar-refractivity contribution in [1.29, 1.82) is 0 Å². The van der Waals surface area contributed by atoms with E-state index in [1.165, 1.54) is 5.57 Å². The Morgan fingerprint density at radius 1 is 1.73 bits per heavy atom. The van der Waals surface area contributed by atoms with E-state index in [2.05, 4.69) is 18.5 Å². The molecule has 0 aliphatic rings. The summed E-state index contributed by atoms with van der Waals surface area (Å²) in [7, 11) is 0. The van der Waals surface area contributed by atoms with Crippen LogP contribution in [0.25, 0.3) is 0 Å². The van der Waals surface area contributed by atoms with Crippen molar-refractivity contribution < 1.29 is 0 Å². The minimum absolute atomic E-state index is 0.679. The number of rotatable bonds is 5. The van der Waals surface area contributed by atoms with E-state index >= 15 is 0 Å². The van der Waals surface area contributed by atoms with Gasteiger partial charge in [-0.1, -0.05) is 18.5 Å². The smallest absolute Gasteiger partial charge is 0.0174 e. The minimum Gasteiger partial charge on any atom is -0.312 e. The molecule has 0 bridgehead atoms. The van der Waals surface area contributed by atoms with Gasteiger partial charge in [0, 0.05) is 23.9 Å². The first kappa shape index (κ1) is 11.3. The summed E-state index contributed by atoms with van der Waals surface area (Å²) < 4.78 is 0. The van der Waals surface area contributed by atoms with Crippen molar-refractivity contribution in [2.75, 3.05) is 19.3 Å². The van der Waals surface area contributed by atoms with Gasteiger partial charge in [-0.2, -0.15) is 11.8 Å². The van der Waals surface area contributed by atoms with Gasteiger partial charge < -0.3 is 5.32 Å². The van der Waals surface area contributed by atoms with Crippen LogP contribution in [0, 0.1) is 0 Å². The predicted molar refractivity (Wildman–Crippen MR) is 55.5 cm³/mol. The molecule has 0 aliphatic carbocycles. The minimum atomic E-state index is 0.679. The molecule has 1 nitrogen and oxygen atoms in total. The first-order valence-corrected chi connectivity index (χ1v) is 5.42. The van der Waals surface area contributed by atoms with E-state index in [0.29, 0.717) is 5.25 Å². The van der Waals surface area contributed by atoms with Gasteiger partial charge in [-0.05, 0) is 18.8 Å². The van der Waals surface area contributed by atoms with Gasteiger partial charge in [0.05, 0.1) is 0 Å². The molecule has 3 heteroatoms. The fourth-order valence-electron chi connectivity index (χ4n) is 0.595. The van der Waals surface area contributed by atoms with Crippen LogP contribution in [0.5, 0.6) is 0 Å². The topological polar surface area (TPSA) is 12.0 Å². The summed E-state index contributed by atoms with van der Waals surface area (Å²) in [5.41, 5.74) is 2.80. The lowest BCUT2D eigenvalue weighted by atomic mass is 10.3. The monoisotopic (exact) mass is 193 g/mol. The third kappa shape index (κ3) is 6.73. The molecule has 0 spiro atoms. The standard InChI is InChI=1S/C8H16ClNS/c1-7(4-9)5-10-6-8(2)11-3/h4,8,10H,5-6H2,1-3H3. The highest BCUT2D eigenvalue weighted by Gasteiger charge is 1.96. The summed E-state index contributed by atoms with van der Waals surface area (Å²) in [6, 6.07) is 0. The van der Waals surface area contributed by atoms with E-state index < -0.39 is 0 Å². The molecule has 0 aromatic rings. The van der Waals surface area contributed by atoms with E-state index in [1.54, 1.807) is 5.54 Å². The molecule has 0 aromatic heterocycles. The maximum absolute atomic E-state index is 5.49. The first-order chi connectivity index (χ1) is 5.20. The van der Waals surface area contributed by atoms with Crippen LogP contribution < -0.4 is 5.32 Å². The largest absolute Gasteiger partial charge is 0.312 e. The Labute approximate surface area is 78.6 Å². The van der Waals surface area contributed by atoms with Crippen LogP contribution in [0.1, 0.15) is 13.8 Å². The van der Waals surface area contributed by atoms with E-state index in [4.69, 9.17) is 11.6 Å². The number of hydrogen-bond acceptors (Lipinski definition) is 2. The predicted octanol–water partition coefficient (Wildman–Crippen LogP) is 2.47. The van der Waals surface area contributed by atoms with Crippen molar-refractivity contribution in [3.63, 3.8) is 0 Å². The summed E-state index contributed by atoms with van der Waals surface area (Å²) in [6.07, 6.45) is 2.12. The molecule has 0 radical (unpaired) electrons. The molecule has 1 unspecified atom stereocenters. The number of thioether (sulfide) groups is 1. The van der Waals surface area contributed by atoms with Crippen LogP contribution in [-0.4, -0.2) is 24.6 Å². The van der Waals surface area contributed by atoms with Gasteiger partial charge in [0.25, 0.3) is 0 Å². The van der Waals surface area contributed by atoms with E-state index in [1.807, 2.05) is 18.7 Å². The van der Waals surface area contributed by atoms with Gasteiger partial charge in [0.2, 0.25) is 0 Å². The van der Waals surface area contributed by atoms with Gasteiger partial charge >= 0.3 is 0 Å². The molecule has 0 aliphatic heterocycles. The van der Waals surface area contributed by atoms with Crippen molar-refractivity contribution in [1.82, 2.24) is 5.32 Å². The Morgan fingerprint density at radius 2 is 2.36 bits per heavy atom. The van der Waals surface area contributed by atoms with Crippen molar-refractivity contribution in [2.24, 2.45) is 0 Å². The Kier molecular flexibility index (Phi) is 7.23. The van der Waals surface area contributed by atoms with Crippen molar-refractivity contribution in [3.05, 3.63) is 11.1 Å². The van der Waals surface area contributed by atoms with Crippen molar-refractivity contribution in [2.45, 2.75) is 19.1 Å². The SMILES string of the molecule is CSC(C)CNCC(C)=CCl. The highest BCUT2D eigenvalue weighted by molar-refractivity contribution is 7.99. The lowest BCUT2D eigenvalue weighted by Gasteiger charge is -2.08. The van der Waals surface area contributed by atoms with Gasteiger partial charge in [0.1, 0.15) is 0 Å². The van der Waals surface area contributed by atoms with Crippen LogP contribution in [0.2, 0.25) is 0 Å². The second kappa shape index (κ2) is 7.01. The van der Waals surface area contributed by atoms with Gasteiger partial charge in [-0.3, -0.25) is 0 Å². The fourth-order valence-corrected chi connectivity index (χ4v) is 0.956. The molecular formula is C8H16ClNS. The van der Waals surface area contributed by atoms with E-state index in [-0.39, 0.29) is 0 Å². The molecule has 0 rings (SSSR count). The zero-order valence-electron chi connectivity index (χ0n) is 7.36. The Morgan fingerprint density at radius 3 is 2.82 bits per heavy atom. The maximum atomic E-state index is 5.49. The number of hydrogen-bond donors (Lipinski definition) is 1. The van der Waals surface area contributed by atoms with E-state index in [9.17, 15) is 0 Å². The maximum Gasteiger partial charge on any atom is 0.0174 e. The van der Waals surface area contributed by atoms with Crippen LogP contribution in [-0.2, 0) is 0 Å². The summed E-state index contributed by atoms with van der Waals surface area (Å²) >= 11 is 7.36. The molecule has 1 N–H and O–H groups in total. The van der Waals surface area contributed by atoms with Gasteiger partial charge in [-0.25, -0.2) is 0 Å². The van der Waals surface area contributed by atoms with Crippen molar-refractivity contribution >= 4 is 23.4 Å². The second-order valence-electron chi connectivity index (χ2n) is 2.63. The third-order valence-corrected chi connectivity index (χ3v) is 2.77. The molecule has 0 amide bonds. The summed E-state index contributed by atoms with van der Waals surface area (Å²) in [4.78, 5) is 0. The molecule has 66 valence electrons. The molecule has 11 heavy (non-hydrogen) atoms. The van der Waals surface area contributed by atoms with Crippen LogP contribution in [0.3, 0.4) is 0 Å². The zero-order chi connectivity index (χ0) is 8.69. The average molecular weight is 194 g/mol. The molecule has 0 saturated carbocycles. The first-order valence-electron chi connectivity index (χ1n) is 3.70. The molecule has 1 atom stereocenters. The number of halogens is 1. The summed E-state index contributed by atoms with van der Waals surface area (Å²) in [6.45, 7) is 6.17. The van der Waals surface area contributed by atoms with Crippen LogP contribution in [0.4, 0.5) is 0 Å². The Hall–Kier alpha value is 0.340. The molecule has 0 heterocycles. The quantitative estimate of drug-likeness (QED) is 0.720.